The number of hydrogen-bond donors (Lipinski definition) is 2. The third-order valence-corrected chi connectivity index (χ3v) is 4.53. The minimum Gasteiger partial charge on any atom is -0.380 e. The van der Waals surface area contributed by atoms with Crippen molar-refractivity contribution in [2.75, 3.05) is 7.11 Å². The van der Waals surface area contributed by atoms with Gasteiger partial charge in [0.25, 0.3) is 5.91 Å². The molecule has 0 radical (unpaired) electrons. The first-order valence-corrected chi connectivity index (χ1v) is 7.04. The molecule has 3 N–H and O–H groups in total. The maximum Gasteiger partial charge on any atom is 0.251 e. The highest BCUT2D eigenvalue weighted by Gasteiger charge is 2.55. The molecule has 0 bridgehead atoms. The van der Waals surface area contributed by atoms with E-state index in [1.807, 2.05) is 24.3 Å². The SMILES string of the molecule is COC1C(C)C(NC(=O)c2ccc(CN)cc2)C1(C)C. The molecule has 1 saturated carbocycles. The summed E-state index contributed by atoms with van der Waals surface area (Å²) in [7, 11) is 1.73. The molecule has 0 aliphatic heterocycles. The predicted molar refractivity (Wildman–Crippen MR) is 79.3 cm³/mol. The molecule has 3 atom stereocenters. The standard InChI is InChI=1S/C16H24N2O2/c1-10-13(16(2,3)14(10)20-4)18-15(19)12-7-5-11(9-17)6-8-12/h5-8,10,13-14H,9,17H2,1-4H3,(H,18,19). The van der Waals surface area contributed by atoms with E-state index in [1.54, 1.807) is 7.11 Å². The van der Waals surface area contributed by atoms with E-state index in [1.165, 1.54) is 0 Å². The van der Waals surface area contributed by atoms with Gasteiger partial charge in [0.2, 0.25) is 0 Å². The molecule has 1 aromatic carbocycles. The van der Waals surface area contributed by atoms with E-state index in [0.29, 0.717) is 18.0 Å². The molecule has 1 amide bonds. The number of amides is 1. The third-order valence-electron chi connectivity index (χ3n) is 4.53. The van der Waals surface area contributed by atoms with E-state index in [0.717, 1.165) is 5.56 Å². The van der Waals surface area contributed by atoms with Crippen LogP contribution in [0.2, 0.25) is 0 Å². The highest BCUT2D eigenvalue weighted by atomic mass is 16.5. The molecule has 1 aliphatic rings. The average Bonchev–Trinajstić information content (AvgIpc) is 2.44. The van der Waals surface area contributed by atoms with Crippen molar-refractivity contribution in [3.05, 3.63) is 35.4 Å². The van der Waals surface area contributed by atoms with Crippen LogP contribution in [0.15, 0.2) is 24.3 Å². The Kier molecular flexibility index (Phi) is 4.16. The summed E-state index contributed by atoms with van der Waals surface area (Å²) in [5.41, 5.74) is 7.22. The van der Waals surface area contributed by atoms with Gasteiger partial charge in [0.05, 0.1) is 6.10 Å². The number of nitrogens with two attached hydrogens (primary N) is 1. The summed E-state index contributed by atoms with van der Waals surface area (Å²) in [5, 5.41) is 3.12. The normalized spacial score (nSPS) is 27.8. The zero-order chi connectivity index (χ0) is 14.9. The van der Waals surface area contributed by atoms with Crippen LogP contribution < -0.4 is 11.1 Å². The van der Waals surface area contributed by atoms with Crippen molar-refractivity contribution in [2.24, 2.45) is 17.1 Å². The lowest BCUT2D eigenvalue weighted by molar-refractivity contribution is -0.141. The van der Waals surface area contributed by atoms with Crippen molar-refractivity contribution in [3.8, 4) is 0 Å². The monoisotopic (exact) mass is 276 g/mol. The Balaban J connectivity index is 2.04. The Morgan fingerprint density at radius 1 is 1.35 bits per heavy atom. The maximum atomic E-state index is 12.3. The molecule has 1 aromatic rings. The highest BCUT2D eigenvalue weighted by molar-refractivity contribution is 5.94. The number of carbonyl (C=O) groups is 1. The van der Waals surface area contributed by atoms with Crippen LogP contribution in [0.1, 0.15) is 36.7 Å². The summed E-state index contributed by atoms with van der Waals surface area (Å²) >= 11 is 0. The van der Waals surface area contributed by atoms with Crippen LogP contribution in [0.4, 0.5) is 0 Å². The van der Waals surface area contributed by atoms with Crippen molar-refractivity contribution >= 4 is 5.91 Å². The molecule has 0 spiro atoms. The van der Waals surface area contributed by atoms with E-state index >= 15 is 0 Å². The number of rotatable bonds is 4. The lowest BCUT2D eigenvalue weighted by atomic mass is 9.58. The summed E-state index contributed by atoms with van der Waals surface area (Å²) in [6, 6.07) is 7.56. The van der Waals surface area contributed by atoms with E-state index in [4.69, 9.17) is 10.5 Å². The third kappa shape index (κ3) is 2.45. The number of ether oxygens (including phenoxy) is 1. The first-order valence-electron chi connectivity index (χ1n) is 7.04. The van der Waals surface area contributed by atoms with Crippen molar-refractivity contribution in [2.45, 2.75) is 39.5 Å². The largest absolute Gasteiger partial charge is 0.380 e. The number of hydrogen-bond acceptors (Lipinski definition) is 3. The Morgan fingerprint density at radius 3 is 2.40 bits per heavy atom. The van der Waals surface area contributed by atoms with Gasteiger partial charge < -0.3 is 15.8 Å². The molecule has 2 rings (SSSR count). The van der Waals surface area contributed by atoms with Crippen LogP contribution in [-0.4, -0.2) is 25.2 Å². The fourth-order valence-corrected chi connectivity index (χ4v) is 3.44. The van der Waals surface area contributed by atoms with Crippen LogP contribution in [0, 0.1) is 11.3 Å². The molecule has 0 saturated heterocycles. The van der Waals surface area contributed by atoms with Crippen molar-refractivity contribution < 1.29 is 9.53 Å². The quantitative estimate of drug-likeness (QED) is 0.883. The Hall–Kier alpha value is -1.39. The molecule has 0 heterocycles. The summed E-state index contributed by atoms with van der Waals surface area (Å²) in [6.07, 6.45) is 0.187. The molecule has 110 valence electrons. The minimum atomic E-state index is -0.0406. The summed E-state index contributed by atoms with van der Waals surface area (Å²) in [6.45, 7) is 6.86. The maximum absolute atomic E-state index is 12.3. The van der Waals surface area contributed by atoms with Crippen LogP contribution in [0.5, 0.6) is 0 Å². The van der Waals surface area contributed by atoms with E-state index in [-0.39, 0.29) is 23.5 Å². The van der Waals surface area contributed by atoms with Gasteiger partial charge in [-0.1, -0.05) is 32.9 Å². The minimum absolute atomic E-state index is 0.0342. The second kappa shape index (κ2) is 5.54. The molecule has 1 fully saturated rings. The molecule has 4 heteroatoms. The molecular formula is C16H24N2O2. The predicted octanol–water partition coefficient (Wildman–Crippen LogP) is 1.93. The summed E-state index contributed by atoms with van der Waals surface area (Å²) < 4.78 is 5.50. The van der Waals surface area contributed by atoms with Gasteiger partial charge in [0.1, 0.15) is 0 Å². The second-order valence-corrected chi connectivity index (χ2v) is 6.19. The summed E-state index contributed by atoms with van der Waals surface area (Å²) in [5.74, 6) is 0.287. The zero-order valence-electron chi connectivity index (χ0n) is 12.6. The van der Waals surface area contributed by atoms with Crippen LogP contribution >= 0.6 is 0 Å². The fraction of sp³-hybridized carbons (Fsp3) is 0.562. The molecule has 1 aliphatic carbocycles. The van der Waals surface area contributed by atoms with Gasteiger partial charge >= 0.3 is 0 Å². The van der Waals surface area contributed by atoms with E-state index in [2.05, 4.69) is 26.1 Å². The first kappa shape index (κ1) is 15.0. The number of nitrogens with one attached hydrogen (secondary N) is 1. The Bertz CT molecular complexity index is 482. The van der Waals surface area contributed by atoms with Crippen molar-refractivity contribution in [1.82, 2.24) is 5.32 Å². The molecule has 0 aromatic heterocycles. The van der Waals surface area contributed by atoms with Crippen LogP contribution in [0.3, 0.4) is 0 Å². The van der Waals surface area contributed by atoms with E-state index in [9.17, 15) is 4.79 Å². The number of carbonyl (C=O) groups excluding carboxylic acids is 1. The first-order chi connectivity index (χ1) is 9.41. The lowest BCUT2D eigenvalue weighted by Crippen LogP contribution is -2.67. The van der Waals surface area contributed by atoms with Crippen molar-refractivity contribution in [1.29, 1.82) is 0 Å². The van der Waals surface area contributed by atoms with Gasteiger partial charge in [-0.25, -0.2) is 0 Å². The van der Waals surface area contributed by atoms with Crippen LogP contribution in [-0.2, 0) is 11.3 Å². The molecule has 4 nitrogen and oxygen atoms in total. The highest BCUT2D eigenvalue weighted by Crippen LogP contribution is 2.46. The molecule has 20 heavy (non-hydrogen) atoms. The molecular weight excluding hydrogens is 252 g/mol. The van der Waals surface area contributed by atoms with E-state index < -0.39 is 0 Å². The van der Waals surface area contributed by atoms with Gasteiger partial charge in [0, 0.05) is 36.6 Å². The van der Waals surface area contributed by atoms with Gasteiger partial charge in [-0.3, -0.25) is 4.79 Å². The van der Waals surface area contributed by atoms with Gasteiger partial charge in [0.15, 0.2) is 0 Å². The molecule has 3 unspecified atom stereocenters. The smallest absolute Gasteiger partial charge is 0.251 e. The Labute approximate surface area is 120 Å². The average molecular weight is 276 g/mol. The van der Waals surface area contributed by atoms with Gasteiger partial charge in [-0.15, -0.1) is 0 Å². The zero-order valence-corrected chi connectivity index (χ0v) is 12.6. The van der Waals surface area contributed by atoms with Crippen LogP contribution in [0.25, 0.3) is 0 Å². The summed E-state index contributed by atoms with van der Waals surface area (Å²) in [4.78, 5) is 12.3. The van der Waals surface area contributed by atoms with Crippen molar-refractivity contribution in [3.63, 3.8) is 0 Å². The van der Waals surface area contributed by atoms with Gasteiger partial charge in [-0.05, 0) is 17.7 Å². The topological polar surface area (TPSA) is 64.3 Å². The fourth-order valence-electron chi connectivity index (χ4n) is 3.44. The Morgan fingerprint density at radius 2 is 1.95 bits per heavy atom. The van der Waals surface area contributed by atoms with Gasteiger partial charge in [-0.2, -0.15) is 0 Å². The lowest BCUT2D eigenvalue weighted by Gasteiger charge is -2.56. The second-order valence-electron chi connectivity index (χ2n) is 6.19. The number of benzene rings is 1. The number of methoxy groups -OCH3 is 1.